The first-order valence-corrected chi connectivity index (χ1v) is 14.8. The molecule has 2 N–H and O–H groups in total. The highest BCUT2D eigenvalue weighted by atomic mass is 16.5. The Bertz CT molecular complexity index is 1870. The van der Waals surface area contributed by atoms with E-state index in [-0.39, 0.29) is 5.91 Å². The van der Waals surface area contributed by atoms with E-state index in [1.807, 2.05) is 37.5 Å². The van der Waals surface area contributed by atoms with E-state index in [1.165, 1.54) is 6.08 Å². The number of methoxy groups -OCH3 is 1. The van der Waals surface area contributed by atoms with Crippen molar-refractivity contribution in [2.75, 3.05) is 49.8 Å². The number of rotatable bonds is 9. The molecule has 12 heteroatoms. The Labute approximate surface area is 261 Å². The molecule has 2 aromatic carbocycles. The average Bonchev–Trinajstić information content (AvgIpc) is 3.63. The second kappa shape index (κ2) is 12.4. The van der Waals surface area contributed by atoms with E-state index in [1.54, 1.807) is 20.2 Å². The predicted octanol–water partition coefficient (Wildman–Crippen LogP) is 5.40. The number of fused-ring (bicyclic) bond motifs is 1. The van der Waals surface area contributed by atoms with Crippen LogP contribution in [0.1, 0.15) is 18.7 Å². The van der Waals surface area contributed by atoms with Crippen molar-refractivity contribution in [3.63, 3.8) is 0 Å². The number of likely N-dealkylation sites (tertiary alicyclic amines) is 1. The normalized spacial score (nSPS) is 14.0. The molecule has 0 unspecified atom stereocenters. The molecule has 45 heavy (non-hydrogen) atoms. The van der Waals surface area contributed by atoms with E-state index < -0.39 is 0 Å². The number of amides is 1. The largest absolute Gasteiger partial charge is 0.494 e. The van der Waals surface area contributed by atoms with Crippen molar-refractivity contribution in [3.8, 4) is 28.5 Å². The SMILES string of the molecule is C=CC(=O)Nc1cc(Nc2ncc(-c3nnc(C)o3)c(-c3cn(C)c4ccccc34)n2)c(OC)cc1N(C)C1CCN(C)CC1. The molecule has 1 fully saturated rings. The van der Waals surface area contributed by atoms with Crippen molar-refractivity contribution in [3.05, 3.63) is 67.3 Å². The number of nitrogens with one attached hydrogen (secondary N) is 2. The van der Waals surface area contributed by atoms with Gasteiger partial charge in [-0.15, -0.1) is 10.2 Å². The number of carbonyl (C=O) groups is 1. The van der Waals surface area contributed by atoms with Crippen LogP contribution >= 0.6 is 0 Å². The zero-order valence-corrected chi connectivity index (χ0v) is 26.2. The molecule has 232 valence electrons. The molecule has 12 nitrogen and oxygen atoms in total. The molecule has 1 amide bonds. The van der Waals surface area contributed by atoms with Crippen molar-refractivity contribution < 1.29 is 13.9 Å². The lowest BCUT2D eigenvalue weighted by Crippen LogP contribution is -2.42. The van der Waals surface area contributed by atoms with Crippen LogP contribution in [-0.4, -0.2) is 75.9 Å². The fourth-order valence-electron chi connectivity index (χ4n) is 5.85. The molecule has 0 spiro atoms. The Morgan fingerprint density at radius 2 is 1.91 bits per heavy atom. The Morgan fingerprint density at radius 1 is 1.13 bits per heavy atom. The minimum absolute atomic E-state index is 0.308. The average molecular weight is 608 g/mol. The molecule has 5 aromatic rings. The molecule has 0 aliphatic carbocycles. The third-order valence-electron chi connectivity index (χ3n) is 8.32. The van der Waals surface area contributed by atoms with E-state index in [0.29, 0.717) is 52.2 Å². The van der Waals surface area contributed by atoms with Gasteiger partial charge in [-0.25, -0.2) is 9.97 Å². The molecular weight excluding hydrogens is 570 g/mol. The first-order chi connectivity index (χ1) is 21.7. The maximum atomic E-state index is 12.5. The lowest BCUT2D eigenvalue weighted by Gasteiger charge is -2.37. The summed E-state index contributed by atoms with van der Waals surface area (Å²) in [5.41, 5.74) is 5.25. The smallest absolute Gasteiger partial charge is 0.251 e. The topological polar surface area (TPSA) is 126 Å². The molecule has 0 bridgehead atoms. The standard InChI is InChI=1S/C33H37N9O3/c1-7-30(43)35-25-16-26(29(44-6)17-28(25)42(5)21-12-14-40(3)15-13-21)36-33-34-18-23(32-39-38-20(2)45-32)31(37-33)24-19-41(4)27-11-9-8-10-22(24)27/h7-11,16-19,21H,1,12-15H2,2-6H3,(H,35,43)(H,34,36,37). The summed E-state index contributed by atoms with van der Waals surface area (Å²) in [5.74, 6) is 1.37. The summed E-state index contributed by atoms with van der Waals surface area (Å²) >= 11 is 0. The summed E-state index contributed by atoms with van der Waals surface area (Å²) in [7, 11) is 7.81. The van der Waals surface area contributed by atoms with Gasteiger partial charge in [-0.1, -0.05) is 24.8 Å². The summed E-state index contributed by atoms with van der Waals surface area (Å²) in [6.45, 7) is 7.40. The van der Waals surface area contributed by atoms with Gasteiger partial charge in [-0.05, 0) is 51.2 Å². The second-order valence-electron chi connectivity index (χ2n) is 11.3. The van der Waals surface area contributed by atoms with Crippen LogP contribution in [0, 0.1) is 6.92 Å². The van der Waals surface area contributed by atoms with Crippen molar-refractivity contribution in [1.29, 1.82) is 0 Å². The summed E-state index contributed by atoms with van der Waals surface area (Å²) in [5, 5.41) is 15.6. The fraction of sp³-hybridized carbons (Fsp3) is 0.303. The number of piperidine rings is 1. The zero-order chi connectivity index (χ0) is 31.7. The predicted molar refractivity (Wildman–Crippen MR) is 176 cm³/mol. The number of ether oxygens (including phenoxy) is 1. The fourth-order valence-corrected chi connectivity index (χ4v) is 5.85. The zero-order valence-electron chi connectivity index (χ0n) is 26.2. The van der Waals surface area contributed by atoms with Crippen LogP contribution in [0.5, 0.6) is 5.75 Å². The van der Waals surface area contributed by atoms with Crippen LogP contribution in [-0.2, 0) is 11.8 Å². The highest BCUT2D eigenvalue weighted by Crippen LogP contribution is 2.41. The van der Waals surface area contributed by atoms with Crippen molar-refractivity contribution in [2.24, 2.45) is 7.05 Å². The van der Waals surface area contributed by atoms with Crippen molar-refractivity contribution in [2.45, 2.75) is 25.8 Å². The van der Waals surface area contributed by atoms with Gasteiger partial charge in [-0.2, -0.15) is 0 Å². The van der Waals surface area contributed by atoms with Gasteiger partial charge in [0.2, 0.25) is 17.7 Å². The molecule has 1 aliphatic rings. The van der Waals surface area contributed by atoms with Crippen LogP contribution in [0.4, 0.5) is 23.0 Å². The van der Waals surface area contributed by atoms with Gasteiger partial charge < -0.3 is 34.2 Å². The number of carbonyl (C=O) groups excluding carboxylic acids is 1. The molecule has 1 aliphatic heterocycles. The first-order valence-electron chi connectivity index (χ1n) is 14.8. The first kappa shape index (κ1) is 29.8. The monoisotopic (exact) mass is 607 g/mol. The molecule has 3 aromatic heterocycles. The van der Waals surface area contributed by atoms with Gasteiger partial charge in [0.1, 0.15) is 5.75 Å². The number of benzene rings is 2. The number of anilines is 4. The number of hydrogen-bond acceptors (Lipinski definition) is 10. The minimum atomic E-state index is -0.308. The number of nitrogens with zero attached hydrogens (tertiary/aromatic N) is 7. The van der Waals surface area contributed by atoms with Crippen LogP contribution < -0.4 is 20.3 Å². The maximum Gasteiger partial charge on any atom is 0.251 e. The molecule has 0 radical (unpaired) electrons. The van der Waals surface area contributed by atoms with Crippen LogP contribution in [0.15, 0.2) is 65.9 Å². The number of aryl methyl sites for hydroxylation is 2. The molecule has 4 heterocycles. The van der Waals surface area contributed by atoms with E-state index in [9.17, 15) is 4.79 Å². The van der Waals surface area contributed by atoms with Gasteiger partial charge in [0.25, 0.3) is 5.89 Å². The lowest BCUT2D eigenvalue weighted by molar-refractivity contribution is -0.111. The van der Waals surface area contributed by atoms with Crippen LogP contribution in [0.2, 0.25) is 0 Å². The molecule has 1 saturated heterocycles. The molecule has 6 rings (SSSR count). The van der Waals surface area contributed by atoms with E-state index in [2.05, 4.69) is 73.0 Å². The van der Waals surface area contributed by atoms with Gasteiger partial charge in [0.15, 0.2) is 0 Å². The van der Waals surface area contributed by atoms with E-state index >= 15 is 0 Å². The number of aromatic nitrogens is 5. The molecule has 0 atom stereocenters. The Morgan fingerprint density at radius 3 is 2.62 bits per heavy atom. The maximum absolute atomic E-state index is 12.5. The summed E-state index contributed by atoms with van der Waals surface area (Å²) in [6, 6.07) is 12.2. The molecular formula is C33H37N9O3. The minimum Gasteiger partial charge on any atom is -0.494 e. The van der Waals surface area contributed by atoms with Gasteiger partial charge in [0, 0.05) is 62.0 Å². The Kier molecular flexibility index (Phi) is 8.22. The Balaban J connectivity index is 1.43. The van der Waals surface area contributed by atoms with Crippen LogP contribution in [0.3, 0.4) is 0 Å². The Hall–Kier alpha value is -5.23. The summed E-state index contributed by atoms with van der Waals surface area (Å²) in [6.07, 6.45) is 6.99. The highest BCUT2D eigenvalue weighted by Gasteiger charge is 2.25. The van der Waals surface area contributed by atoms with Crippen LogP contribution in [0.25, 0.3) is 33.6 Å². The van der Waals surface area contributed by atoms with E-state index in [4.69, 9.17) is 14.1 Å². The highest BCUT2D eigenvalue weighted by molar-refractivity contribution is 6.02. The second-order valence-corrected chi connectivity index (χ2v) is 11.3. The summed E-state index contributed by atoms with van der Waals surface area (Å²) in [4.78, 5) is 26.7. The van der Waals surface area contributed by atoms with Gasteiger partial charge in [-0.3, -0.25) is 4.79 Å². The van der Waals surface area contributed by atoms with E-state index in [0.717, 1.165) is 48.1 Å². The van der Waals surface area contributed by atoms with Gasteiger partial charge >= 0.3 is 0 Å². The van der Waals surface area contributed by atoms with Crippen molar-refractivity contribution in [1.82, 2.24) is 29.6 Å². The number of para-hydroxylation sites is 1. The quantitative estimate of drug-likeness (QED) is 0.210. The number of hydrogen-bond donors (Lipinski definition) is 2. The van der Waals surface area contributed by atoms with Gasteiger partial charge in [0.05, 0.1) is 35.4 Å². The third kappa shape index (κ3) is 5.96. The third-order valence-corrected chi connectivity index (χ3v) is 8.32. The van der Waals surface area contributed by atoms with Crippen molar-refractivity contribution >= 4 is 39.8 Å². The molecule has 0 saturated carbocycles. The lowest BCUT2D eigenvalue weighted by atomic mass is 10.0. The summed E-state index contributed by atoms with van der Waals surface area (Å²) < 4.78 is 13.7.